The molecule has 2 rings (SSSR count). The number of likely N-dealkylation sites (tertiary alicyclic amines) is 1. The molecule has 5 nitrogen and oxygen atoms in total. The van der Waals surface area contributed by atoms with Crippen LogP contribution in [0.3, 0.4) is 0 Å². The largest absolute Gasteiger partial charge is 0.310 e. The minimum absolute atomic E-state index is 0.0130. The zero-order chi connectivity index (χ0) is 14.8. The predicted molar refractivity (Wildman–Crippen MR) is 74.3 cm³/mol. The Labute approximate surface area is 120 Å². The highest BCUT2D eigenvalue weighted by molar-refractivity contribution is 5.80. The first-order valence-electron chi connectivity index (χ1n) is 7.34. The molecule has 2 fully saturated rings. The van der Waals surface area contributed by atoms with E-state index in [0.717, 1.165) is 12.8 Å². The minimum Gasteiger partial charge on any atom is -0.310 e. The molecule has 20 heavy (non-hydrogen) atoms. The minimum atomic E-state index is -0.441. The van der Waals surface area contributed by atoms with Crippen LogP contribution in [0.5, 0.6) is 0 Å². The molecule has 1 saturated heterocycles. The standard InChI is InChI=1S/C15H22N4O/c1-11-5-6-15(2,7-11)18-10-14(20)19-12(8-16)3-4-13(19)9-17/h11-13,18H,3-7,10H2,1-2H3/t11?,12-,13+,15?. The molecule has 108 valence electrons. The van der Waals surface area contributed by atoms with Gasteiger partial charge in [-0.2, -0.15) is 10.5 Å². The summed E-state index contributed by atoms with van der Waals surface area (Å²) in [6.45, 7) is 4.60. The fourth-order valence-corrected chi connectivity index (χ4v) is 3.49. The van der Waals surface area contributed by atoms with Crippen LogP contribution in [-0.2, 0) is 4.79 Å². The van der Waals surface area contributed by atoms with Gasteiger partial charge in [-0.3, -0.25) is 4.79 Å². The predicted octanol–water partition coefficient (Wildman–Crippen LogP) is 1.56. The molecule has 1 aliphatic carbocycles. The monoisotopic (exact) mass is 274 g/mol. The van der Waals surface area contributed by atoms with Gasteiger partial charge in [0.1, 0.15) is 12.1 Å². The van der Waals surface area contributed by atoms with Gasteiger partial charge in [0.2, 0.25) is 5.91 Å². The van der Waals surface area contributed by atoms with Gasteiger partial charge in [-0.15, -0.1) is 0 Å². The number of nitrogens with one attached hydrogen (secondary N) is 1. The van der Waals surface area contributed by atoms with Crippen molar-refractivity contribution in [1.82, 2.24) is 10.2 Å². The summed E-state index contributed by atoms with van der Waals surface area (Å²) in [5.74, 6) is 0.564. The van der Waals surface area contributed by atoms with E-state index in [1.54, 1.807) is 0 Å². The second kappa shape index (κ2) is 5.81. The zero-order valence-electron chi connectivity index (χ0n) is 12.2. The van der Waals surface area contributed by atoms with Crippen LogP contribution in [0.2, 0.25) is 0 Å². The molecule has 5 heteroatoms. The molecule has 1 amide bonds. The Bertz CT molecular complexity index is 441. The fraction of sp³-hybridized carbons (Fsp3) is 0.800. The normalized spacial score (nSPS) is 36.6. The van der Waals surface area contributed by atoms with Crippen LogP contribution in [0.4, 0.5) is 0 Å². The summed E-state index contributed by atoms with van der Waals surface area (Å²) in [5, 5.41) is 21.5. The summed E-state index contributed by atoms with van der Waals surface area (Å²) >= 11 is 0. The molecule has 1 N–H and O–H groups in total. The van der Waals surface area contributed by atoms with Gasteiger partial charge in [0, 0.05) is 5.54 Å². The Kier molecular flexibility index (Phi) is 4.30. The van der Waals surface area contributed by atoms with Crippen LogP contribution in [0, 0.1) is 28.6 Å². The van der Waals surface area contributed by atoms with E-state index >= 15 is 0 Å². The maximum atomic E-state index is 12.3. The van der Waals surface area contributed by atoms with Crippen molar-refractivity contribution in [2.45, 2.75) is 63.6 Å². The van der Waals surface area contributed by atoms with Crippen LogP contribution in [0.15, 0.2) is 0 Å². The van der Waals surface area contributed by atoms with Gasteiger partial charge in [0.25, 0.3) is 0 Å². The molecular formula is C15H22N4O. The lowest BCUT2D eigenvalue weighted by atomic mass is 9.99. The molecule has 0 spiro atoms. The van der Waals surface area contributed by atoms with Gasteiger partial charge in [0.15, 0.2) is 0 Å². The van der Waals surface area contributed by atoms with E-state index in [9.17, 15) is 4.79 Å². The highest BCUT2D eigenvalue weighted by Gasteiger charge is 2.38. The Morgan fingerprint density at radius 1 is 1.30 bits per heavy atom. The van der Waals surface area contributed by atoms with E-state index in [0.29, 0.717) is 18.8 Å². The van der Waals surface area contributed by atoms with Crippen LogP contribution < -0.4 is 5.32 Å². The molecule has 2 unspecified atom stereocenters. The van der Waals surface area contributed by atoms with E-state index in [1.807, 2.05) is 0 Å². The number of amides is 1. The summed E-state index contributed by atoms with van der Waals surface area (Å²) in [5.41, 5.74) is 0.0130. The van der Waals surface area contributed by atoms with Crippen molar-refractivity contribution in [1.29, 1.82) is 10.5 Å². The number of carbonyl (C=O) groups excluding carboxylic acids is 1. The first-order valence-corrected chi connectivity index (χ1v) is 7.34. The van der Waals surface area contributed by atoms with Crippen molar-refractivity contribution in [3.63, 3.8) is 0 Å². The second-order valence-corrected chi connectivity index (χ2v) is 6.43. The highest BCUT2D eigenvalue weighted by atomic mass is 16.2. The third kappa shape index (κ3) is 2.94. The topological polar surface area (TPSA) is 79.9 Å². The number of carbonyl (C=O) groups is 1. The number of hydrogen-bond donors (Lipinski definition) is 1. The Hall–Kier alpha value is -1.59. The first-order chi connectivity index (χ1) is 9.49. The van der Waals surface area contributed by atoms with E-state index in [2.05, 4.69) is 31.3 Å². The molecule has 0 aromatic carbocycles. The fourth-order valence-electron chi connectivity index (χ4n) is 3.49. The van der Waals surface area contributed by atoms with E-state index < -0.39 is 12.1 Å². The molecule has 0 aromatic rings. The van der Waals surface area contributed by atoms with Crippen molar-refractivity contribution in [3.8, 4) is 12.1 Å². The first kappa shape index (κ1) is 14.8. The number of nitriles is 2. The molecule has 4 atom stereocenters. The third-order valence-electron chi connectivity index (χ3n) is 4.63. The smallest absolute Gasteiger partial charge is 0.238 e. The summed E-state index contributed by atoms with van der Waals surface area (Å²) in [6, 6.07) is 3.38. The lowest BCUT2D eigenvalue weighted by molar-refractivity contribution is -0.131. The van der Waals surface area contributed by atoms with Gasteiger partial charge in [0.05, 0.1) is 18.7 Å². The van der Waals surface area contributed by atoms with Crippen molar-refractivity contribution in [2.75, 3.05) is 6.54 Å². The van der Waals surface area contributed by atoms with Crippen LogP contribution in [0.1, 0.15) is 46.0 Å². The molecule has 0 radical (unpaired) electrons. The van der Waals surface area contributed by atoms with Gasteiger partial charge in [-0.05, 0) is 44.9 Å². The lowest BCUT2D eigenvalue weighted by Crippen LogP contribution is -2.49. The zero-order valence-corrected chi connectivity index (χ0v) is 12.2. The number of rotatable bonds is 3. The van der Waals surface area contributed by atoms with E-state index in [4.69, 9.17) is 10.5 Å². The third-order valence-corrected chi connectivity index (χ3v) is 4.63. The quantitative estimate of drug-likeness (QED) is 0.847. The molecule has 0 aromatic heterocycles. The van der Waals surface area contributed by atoms with Crippen molar-refractivity contribution in [3.05, 3.63) is 0 Å². The molecule has 2 aliphatic rings. The summed E-state index contributed by atoms with van der Waals surface area (Å²) in [7, 11) is 0. The average molecular weight is 274 g/mol. The Morgan fingerprint density at radius 2 is 1.90 bits per heavy atom. The van der Waals surface area contributed by atoms with Crippen molar-refractivity contribution in [2.24, 2.45) is 5.92 Å². The highest BCUT2D eigenvalue weighted by Crippen LogP contribution is 2.33. The van der Waals surface area contributed by atoms with E-state index in [1.165, 1.54) is 11.3 Å². The average Bonchev–Trinajstić information content (AvgIpc) is 2.99. The summed E-state index contributed by atoms with van der Waals surface area (Å²) in [4.78, 5) is 13.8. The van der Waals surface area contributed by atoms with Crippen LogP contribution in [-0.4, -0.2) is 35.0 Å². The molecule has 1 heterocycles. The van der Waals surface area contributed by atoms with E-state index in [-0.39, 0.29) is 18.0 Å². The molecular weight excluding hydrogens is 252 g/mol. The van der Waals surface area contributed by atoms with Gasteiger partial charge in [-0.25, -0.2) is 0 Å². The van der Waals surface area contributed by atoms with Gasteiger partial charge in [-0.1, -0.05) is 6.92 Å². The van der Waals surface area contributed by atoms with Crippen molar-refractivity contribution >= 4 is 5.91 Å². The SMILES string of the molecule is CC1CCC(C)(NCC(=O)N2[C@H](C#N)CC[C@@H]2C#N)C1. The summed E-state index contributed by atoms with van der Waals surface area (Å²) in [6.07, 6.45) is 4.54. The maximum absolute atomic E-state index is 12.3. The van der Waals surface area contributed by atoms with Gasteiger partial charge < -0.3 is 10.2 Å². The summed E-state index contributed by atoms with van der Waals surface area (Å²) < 4.78 is 0. The maximum Gasteiger partial charge on any atom is 0.238 e. The molecule has 1 saturated carbocycles. The Balaban J connectivity index is 1.94. The van der Waals surface area contributed by atoms with Crippen LogP contribution >= 0.6 is 0 Å². The van der Waals surface area contributed by atoms with Gasteiger partial charge >= 0.3 is 0 Å². The second-order valence-electron chi connectivity index (χ2n) is 6.43. The molecule has 1 aliphatic heterocycles. The molecule has 0 bridgehead atoms. The lowest BCUT2D eigenvalue weighted by Gasteiger charge is -2.29. The van der Waals surface area contributed by atoms with Crippen LogP contribution in [0.25, 0.3) is 0 Å². The number of nitrogens with zero attached hydrogens (tertiary/aromatic N) is 3. The van der Waals surface area contributed by atoms with Crippen molar-refractivity contribution < 1.29 is 4.79 Å². The number of hydrogen-bond acceptors (Lipinski definition) is 4. The Morgan fingerprint density at radius 3 is 2.35 bits per heavy atom.